The smallest absolute Gasteiger partial charge is 0.224 e. The third kappa shape index (κ3) is 5.82. The molecule has 3 heteroatoms. The minimum atomic E-state index is 0.0187. The second kappa shape index (κ2) is 8.02. The molecule has 118 valence electrons. The van der Waals surface area contributed by atoms with Crippen molar-refractivity contribution in [3.8, 4) is 0 Å². The van der Waals surface area contributed by atoms with Crippen LogP contribution in [0.3, 0.4) is 0 Å². The number of amides is 1. The molecule has 1 saturated carbocycles. The van der Waals surface area contributed by atoms with Crippen molar-refractivity contribution in [3.05, 3.63) is 0 Å². The van der Waals surface area contributed by atoms with E-state index >= 15 is 0 Å². The Hall–Kier alpha value is -0.570. The Labute approximate surface area is 125 Å². The van der Waals surface area contributed by atoms with Crippen molar-refractivity contribution in [2.45, 2.75) is 78.7 Å². The summed E-state index contributed by atoms with van der Waals surface area (Å²) >= 11 is 0. The Morgan fingerprint density at radius 1 is 1.30 bits per heavy atom. The zero-order valence-electron chi connectivity index (χ0n) is 13.9. The summed E-state index contributed by atoms with van der Waals surface area (Å²) in [6.45, 7) is 9.70. The van der Waals surface area contributed by atoms with Crippen molar-refractivity contribution in [2.75, 3.05) is 6.54 Å². The molecule has 1 amide bonds. The molecule has 0 saturated heterocycles. The van der Waals surface area contributed by atoms with E-state index in [1.807, 2.05) is 0 Å². The number of hydrogen-bond acceptors (Lipinski definition) is 2. The molecule has 0 bridgehead atoms. The number of unbranched alkanes of at least 4 members (excludes halogenated alkanes) is 2. The van der Waals surface area contributed by atoms with Crippen molar-refractivity contribution in [3.63, 3.8) is 0 Å². The van der Waals surface area contributed by atoms with Crippen molar-refractivity contribution in [2.24, 2.45) is 23.0 Å². The molecule has 1 aliphatic carbocycles. The summed E-state index contributed by atoms with van der Waals surface area (Å²) in [5.74, 6) is 0.820. The molecular formula is C17H34N2O. The highest BCUT2D eigenvalue weighted by molar-refractivity contribution is 5.79. The Bertz CT molecular complexity index is 301. The Balaban J connectivity index is 2.37. The molecule has 3 unspecified atom stereocenters. The van der Waals surface area contributed by atoms with Gasteiger partial charge in [-0.3, -0.25) is 4.79 Å². The van der Waals surface area contributed by atoms with E-state index in [0.29, 0.717) is 5.92 Å². The third-order valence-corrected chi connectivity index (χ3v) is 4.70. The van der Waals surface area contributed by atoms with Crippen LogP contribution >= 0.6 is 0 Å². The van der Waals surface area contributed by atoms with Crippen LogP contribution in [-0.4, -0.2) is 18.5 Å². The lowest BCUT2D eigenvalue weighted by molar-refractivity contribution is -0.127. The van der Waals surface area contributed by atoms with Crippen LogP contribution in [0.4, 0.5) is 0 Å². The molecule has 0 aromatic rings. The summed E-state index contributed by atoms with van der Waals surface area (Å²) in [5, 5.41) is 3.15. The summed E-state index contributed by atoms with van der Waals surface area (Å²) in [6.07, 6.45) is 8.04. The van der Waals surface area contributed by atoms with E-state index < -0.39 is 0 Å². The van der Waals surface area contributed by atoms with E-state index in [4.69, 9.17) is 5.73 Å². The van der Waals surface area contributed by atoms with Crippen LogP contribution in [0, 0.1) is 17.3 Å². The predicted molar refractivity (Wildman–Crippen MR) is 85.4 cm³/mol. The highest BCUT2D eigenvalue weighted by Gasteiger charge is 2.32. The van der Waals surface area contributed by atoms with E-state index in [9.17, 15) is 4.79 Å². The zero-order valence-corrected chi connectivity index (χ0v) is 13.9. The van der Waals surface area contributed by atoms with Gasteiger partial charge in [0.2, 0.25) is 5.91 Å². The predicted octanol–water partition coefficient (Wildman–Crippen LogP) is 3.47. The minimum Gasteiger partial charge on any atom is -0.355 e. The lowest BCUT2D eigenvalue weighted by Crippen LogP contribution is -2.47. The first-order valence-electron chi connectivity index (χ1n) is 8.39. The SMILES string of the molecule is CCCCCC(C)(C)CNC(=O)C1CC(C)CCC1N. The summed E-state index contributed by atoms with van der Waals surface area (Å²) in [6, 6.07) is 0.0504. The number of carbonyl (C=O) groups is 1. The molecule has 0 heterocycles. The highest BCUT2D eigenvalue weighted by Crippen LogP contribution is 2.28. The van der Waals surface area contributed by atoms with Crippen molar-refractivity contribution < 1.29 is 4.79 Å². The molecule has 20 heavy (non-hydrogen) atoms. The van der Waals surface area contributed by atoms with Gasteiger partial charge in [-0.05, 0) is 37.0 Å². The van der Waals surface area contributed by atoms with Crippen molar-refractivity contribution in [1.29, 1.82) is 0 Å². The average molecular weight is 282 g/mol. The fourth-order valence-electron chi connectivity index (χ4n) is 3.11. The van der Waals surface area contributed by atoms with Gasteiger partial charge in [0.15, 0.2) is 0 Å². The van der Waals surface area contributed by atoms with Crippen LogP contribution in [0.2, 0.25) is 0 Å². The van der Waals surface area contributed by atoms with Gasteiger partial charge in [0.1, 0.15) is 0 Å². The Morgan fingerprint density at radius 2 is 2.00 bits per heavy atom. The van der Waals surface area contributed by atoms with Gasteiger partial charge < -0.3 is 11.1 Å². The van der Waals surface area contributed by atoms with Gasteiger partial charge in [0.25, 0.3) is 0 Å². The molecule has 0 aromatic heterocycles. The first-order chi connectivity index (χ1) is 9.35. The van der Waals surface area contributed by atoms with Gasteiger partial charge >= 0.3 is 0 Å². The van der Waals surface area contributed by atoms with Gasteiger partial charge in [-0.25, -0.2) is 0 Å². The molecule has 3 atom stereocenters. The molecular weight excluding hydrogens is 248 g/mol. The van der Waals surface area contributed by atoms with Crippen LogP contribution in [0.1, 0.15) is 72.6 Å². The molecule has 1 rings (SSSR count). The first kappa shape index (κ1) is 17.5. The van der Waals surface area contributed by atoms with Crippen LogP contribution in [0.25, 0.3) is 0 Å². The topological polar surface area (TPSA) is 55.1 Å². The first-order valence-corrected chi connectivity index (χ1v) is 8.39. The molecule has 0 radical (unpaired) electrons. The number of hydrogen-bond donors (Lipinski definition) is 2. The lowest BCUT2D eigenvalue weighted by Gasteiger charge is -2.33. The fourth-order valence-corrected chi connectivity index (χ4v) is 3.11. The standard InChI is InChI=1S/C17H34N2O/c1-5-6-7-10-17(3,4)12-19-16(20)14-11-13(2)8-9-15(14)18/h13-15H,5-12,18H2,1-4H3,(H,19,20). The molecule has 1 aliphatic rings. The van der Waals surface area contributed by atoms with E-state index in [1.54, 1.807) is 0 Å². The molecule has 3 nitrogen and oxygen atoms in total. The number of nitrogens with two attached hydrogens (primary N) is 1. The monoisotopic (exact) mass is 282 g/mol. The maximum Gasteiger partial charge on any atom is 0.224 e. The molecule has 0 spiro atoms. The molecule has 0 aromatic carbocycles. The average Bonchev–Trinajstić information content (AvgIpc) is 2.39. The number of nitrogens with one attached hydrogen (secondary N) is 1. The second-order valence-corrected chi connectivity index (χ2v) is 7.53. The Kier molecular flexibility index (Phi) is 7.01. The number of carbonyl (C=O) groups excluding carboxylic acids is 1. The fraction of sp³-hybridized carbons (Fsp3) is 0.941. The molecule has 3 N–H and O–H groups in total. The van der Waals surface area contributed by atoms with E-state index in [2.05, 4.69) is 33.0 Å². The minimum absolute atomic E-state index is 0.0187. The van der Waals surface area contributed by atoms with E-state index in [0.717, 1.165) is 25.8 Å². The summed E-state index contributed by atoms with van der Waals surface area (Å²) < 4.78 is 0. The normalized spacial score (nSPS) is 27.4. The second-order valence-electron chi connectivity index (χ2n) is 7.53. The van der Waals surface area contributed by atoms with E-state index in [1.165, 1.54) is 25.7 Å². The van der Waals surface area contributed by atoms with Crippen LogP contribution < -0.4 is 11.1 Å². The maximum atomic E-state index is 12.3. The van der Waals surface area contributed by atoms with E-state index in [-0.39, 0.29) is 23.3 Å². The van der Waals surface area contributed by atoms with Gasteiger partial charge in [-0.2, -0.15) is 0 Å². The van der Waals surface area contributed by atoms with Crippen LogP contribution in [0.5, 0.6) is 0 Å². The quantitative estimate of drug-likeness (QED) is 0.702. The van der Waals surface area contributed by atoms with Gasteiger partial charge in [-0.1, -0.05) is 47.0 Å². The van der Waals surface area contributed by atoms with Gasteiger partial charge in [0.05, 0.1) is 5.92 Å². The maximum absolute atomic E-state index is 12.3. The lowest BCUT2D eigenvalue weighted by atomic mass is 9.78. The van der Waals surface area contributed by atoms with Crippen molar-refractivity contribution in [1.82, 2.24) is 5.32 Å². The molecule has 0 aliphatic heterocycles. The largest absolute Gasteiger partial charge is 0.355 e. The summed E-state index contributed by atoms with van der Waals surface area (Å²) in [4.78, 5) is 12.3. The summed E-state index contributed by atoms with van der Waals surface area (Å²) in [7, 11) is 0. The van der Waals surface area contributed by atoms with Crippen molar-refractivity contribution >= 4 is 5.91 Å². The van der Waals surface area contributed by atoms with Gasteiger partial charge in [-0.15, -0.1) is 0 Å². The van der Waals surface area contributed by atoms with Crippen LogP contribution in [0.15, 0.2) is 0 Å². The summed E-state index contributed by atoms with van der Waals surface area (Å²) in [5.41, 5.74) is 6.31. The highest BCUT2D eigenvalue weighted by atomic mass is 16.1. The van der Waals surface area contributed by atoms with Crippen LogP contribution in [-0.2, 0) is 4.79 Å². The third-order valence-electron chi connectivity index (χ3n) is 4.70. The Morgan fingerprint density at radius 3 is 2.65 bits per heavy atom. The molecule has 1 fully saturated rings. The zero-order chi connectivity index (χ0) is 15.2. The number of rotatable bonds is 7. The van der Waals surface area contributed by atoms with Gasteiger partial charge in [0, 0.05) is 12.6 Å².